The number of amides is 1. The Balaban J connectivity index is 1.88. The van der Waals surface area contributed by atoms with Crippen molar-refractivity contribution in [1.82, 2.24) is 5.32 Å². The Kier molecular flexibility index (Phi) is 6.85. The van der Waals surface area contributed by atoms with E-state index in [4.69, 9.17) is 21.1 Å². The highest BCUT2D eigenvalue weighted by Crippen LogP contribution is 2.36. The number of aliphatic hydroxyl groups excluding tert-OH is 3. The molecule has 0 radical (unpaired) electrons. The molecule has 0 spiro atoms. The van der Waals surface area contributed by atoms with Gasteiger partial charge in [0, 0.05) is 12.6 Å². The molecule has 1 fully saturated rings. The Hall–Kier alpha value is -2.27. The maximum atomic E-state index is 14.0. The lowest BCUT2D eigenvalue weighted by Gasteiger charge is -2.45. The summed E-state index contributed by atoms with van der Waals surface area (Å²) >= 11 is 6.30. The van der Waals surface area contributed by atoms with E-state index in [0.717, 1.165) is 6.07 Å². The van der Waals surface area contributed by atoms with Gasteiger partial charge in [-0.1, -0.05) is 17.7 Å². The molecule has 0 bridgehead atoms. The van der Waals surface area contributed by atoms with Gasteiger partial charge in [0.1, 0.15) is 29.9 Å². The highest BCUT2D eigenvalue weighted by Gasteiger charge is 2.53. The predicted octanol–water partition coefficient (Wildman–Crippen LogP) is 1.07. The molecule has 1 aliphatic rings. The monoisotopic (exact) mass is 455 g/mol. The standard InChI is InChI=1S/C21H23ClFNO7/c1-21(29)18(27)17(26)16(9-25)31-20(21)30-15-4-3-10(8-14(15)22)11-5-12(19(28)24-2)7-13(23)6-11/h3-8,16-18,20,25-27,29H,9H2,1-2H3,(H,24,28)/t16-,17-,18+,20?,21+/m1/s1. The minimum Gasteiger partial charge on any atom is -0.460 e. The molecule has 5 N–H and O–H groups in total. The third kappa shape index (κ3) is 4.67. The van der Waals surface area contributed by atoms with Crippen LogP contribution < -0.4 is 10.1 Å². The summed E-state index contributed by atoms with van der Waals surface area (Å²) in [5.41, 5.74) is -0.949. The van der Waals surface area contributed by atoms with Gasteiger partial charge in [0.05, 0.1) is 11.6 Å². The minimum atomic E-state index is -2.00. The average Bonchev–Trinajstić information content (AvgIpc) is 2.74. The Morgan fingerprint density at radius 2 is 1.97 bits per heavy atom. The van der Waals surface area contributed by atoms with Gasteiger partial charge in [-0.2, -0.15) is 0 Å². The smallest absolute Gasteiger partial charge is 0.251 e. The number of aliphatic hydroxyl groups is 4. The van der Waals surface area contributed by atoms with Crippen LogP contribution in [0.1, 0.15) is 17.3 Å². The van der Waals surface area contributed by atoms with Crippen LogP contribution in [-0.2, 0) is 4.74 Å². The van der Waals surface area contributed by atoms with Crippen LogP contribution in [0.5, 0.6) is 5.75 Å². The summed E-state index contributed by atoms with van der Waals surface area (Å²) in [6.45, 7) is 0.614. The topological polar surface area (TPSA) is 128 Å². The number of benzene rings is 2. The summed E-state index contributed by atoms with van der Waals surface area (Å²) in [7, 11) is 1.44. The fourth-order valence-corrected chi connectivity index (χ4v) is 3.51. The zero-order valence-electron chi connectivity index (χ0n) is 16.8. The molecular weight excluding hydrogens is 433 g/mol. The van der Waals surface area contributed by atoms with E-state index in [0.29, 0.717) is 11.1 Å². The normalized spacial score (nSPS) is 28.3. The summed E-state index contributed by atoms with van der Waals surface area (Å²) in [5, 5.41) is 42.5. The number of carbonyl (C=O) groups excluding carboxylic acids is 1. The predicted molar refractivity (Wildman–Crippen MR) is 109 cm³/mol. The van der Waals surface area contributed by atoms with Crippen molar-refractivity contribution in [2.75, 3.05) is 13.7 Å². The number of hydrogen-bond donors (Lipinski definition) is 5. The van der Waals surface area contributed by atoms with Crippen LogP contribution in [0.2, 0.25) is 5.02 Å². The van der Waals surface area contributed by atoms with E-state index in [-0.39, 0.29) is 16.3 Å². The molecule has 0 aromatic heterocycles. The Morgan fingerprint density at radius 1 is 1.26 bits per heavy atom. The van der Waals surface area contributed by atoms with Crippen molar-refractivity contribution >= 4 is 17.5 Å². The molecule has 0 saturated carbocycles. The van der Waals surface area contributed by atoms with Crippen molar-refractivity contribution in [3.8, 4) is 16.9 Å². The lowest BCUT2D eigenvalue weighted by atomic mass is 9.88. The molecule has 8 nitrogen and oxygen atoms in total. The molecule has 0 aliphatic carbocycles. The largest absolute Gasteiger partial charge is 0.460 e. The van der Waals surface area contributed by atoms with Gasteiger partial charge >= 0.3 is 0 Å². The van der Waals surface area contributed by atoms with Crippen LogP contribution in [0, 0.1) is 5.82 Å². The van der Waals surface area contributed by atoms with E-state index in [9.17, 15) is 29.6 Å². The van der Waals surface area contributed by atoms with Crippen molar-refractivity contribution in [3.05, 3.63) is 52.8 Å². The first kappa shape index (κ1) is 23.4. The van der Waals surface area contributed by atoms with Crippen molar-refractivity contribution in [1.29, 1.82) is 0 Å². The Labute approximate surface area is 182 Å². The van der Waals surface area contributed by atoms with E-state index in [2.05, 4.69) is 5.32 Å². The lowest BCUT2D eigenvalue weighted by Crippen LogP contribution is -2.66. The van der Waals surface area contributed by atoms with Gasteiger partial charge < -0.3 is 35.2 Å². The summed E-state index contributed by atoms with van der Waals surface area (Å²) in [6, 6.07) is 8.36. The van der Waals surface area contributed by atoms with Gasteiger partial charge in [-0.3, -0.25) is 4.79 Å². The van der Waals surface area contributed by atoms with E-state index in [1.54, 1.807) is 6.07 Å². The van der Waals surface area contributed by atoms with Crippen molar-refractivity contribution in [3.63, 3.8) is 0 Å². The van der Waals surface area contributed by atoms with E-state index in [1.807, 2.05) is 0 Å². The average molecular weight is 456 g/mol. The molecule has 3 rings (SSSR count). The summed E-state index contributed by atoms with van der Waals surface area (Å²) < 4.78 is 25.0. The number of rotatable bonds is 5. The second-order valence-corrected chi connectivity index (χ2v) is 7.83. The van der Waals surface area contributed by atoms with Gasteiger partial charge in [-0.15, -0.1) is 0 Å². The van der Waals surface area contributed by atoms with Gasteiger partial charge in [-0.25, -0.2) is 4.39 Å². The molecule has 10 heteroatoms. The number of halogens is 2. The van der Waals surface area contributed by atoms with Crippen LogP contribution in [0.25, 0.3) is 11.1 Å². The molecular formula is C21H23ClFNO7. The molecule has 1 saturated heterocycles. The summed E-state index contributed by atoms with van der Waals surface area (Å²) in [4.78, 5) is 11.8. The van der Waals surface area contributed by atoms with Crippen LogP contribution in [0.3, 0.4) is 0 Å². The highest BCUT2D eigenvalue weighted by atomic mass is 35.5. The first-order valence-corrected chi connectivity index (χ1v) is 9.80. The fourth-order valence-electron chi connectivity index (χ4n) is 3.29. The van der Waals surface area contributed by atoms with Crippen LogP contribution in [-0.4, -0.2) is 70.2 Å². The molecule has 1 heterocycles. The maximum absolute atomic E-state index is 14.0. The SMILES string of the molecule is CNC(=O)c1cc(F)cc(-c2ccc(OC3O[C@H](CO)[C@@H](O)[C@H](O)[C@]3(C)O)c(Cl)c2)c1. The number of carbonyl (C=O) groups is 1. The number of nitrogens with one attached hydrogen (secondary N) is 1. The van der Waals surface area contributed by atoms with Crippen molar-refractivity contribution in [2.45, 2.75) is 37.1 Å². The van der Waals surface area contributed by atoms with Crippen molar-refractivity contribution < 1.29 is 39.1 Å². The number of hydrogen-bond acceptors (Lipinski definition) is 7. The fraction of sp³-hybridized carbons (Fsp3) is 0.381. The zero-order valence-corrected chi connectivity index (χ0v) is 17.5. The molecule has 168 valence electrons. The van der Waals surface area contributed by atoms with Crippen LogP contribution in [0.15, 0.2) is 36.4 Å². The van der Waals surface area contributed by atoms with Crippen LogP contribution >= 0.6 is 11.6 Å². The second-order valence-electron chi connectivity index (χ2n) is 7.42. The third-order valence-electron chi connectivity index (χ3n) is 5.14. The second kappa shape index (κ2) is 9.07. The Bertz CT molecular complexity index is 971. The molecule has 31 heavy (non-hydrogen) atoms. The molecule has 5 atom stereocenters. The Morgan fingerprint density at radius 3 is 2.58 bits per heavy atom. The van der Waals surface area contributed by atoms with E-state index >= 15 is 0 Å². The molecule has 1 aliphatic heterocycles. The third-order valence-corrected chi connectivity index (χ3v) is 5.44. The zero-order chi connectivity index (χ0) is 22.9. The first-order chi connectivity index (χ1) is 14.6. The summed E-state index contributed by atoms with van der Waals surface area (Å²) in [6.07, 6.45) is -5.77. The first-order valence-electron chi connectivity index (χ1n) is 9.42. The van der Waals surface area contributed by atoms with Gasteiger partial charge in [-0.05, 0) is 48.4 Å². The van der Waals surface area contributed by atoms with E-state index < -0.39 is 48.5 Å². The molecule has 2 aromatic carbocycles. The molecule has 1 amide bonds. The van der Waals surface area contributed by atoms with Gasteiger partial charge in [0.25, 0.3) is 5.91 Å². The lowest BCUT2D eigenvalue weighted by molar-refractivity contribution is -0.314. The molecule has 1 unspecified atom stereocenters. The summed E-state index contributed by atoms with van der Waals surface area (Å²) in [5.74, 6) is -0.955. The van der Waals surface area contributed by atoms with E-state index in [1.165, 1.54) is 38.2 Å². The highest BCUT2D eigenvalue weighted by molar-refractivity contribution is 6.32. The van der Waals surface area contributed by atoms with Gasteiger partial charge in [0.2, 0.25) is 6.29 Å². The van der Waals surface area contributed by atoms with Crippen molar-refractivity contribution in [2.24, 2.45) is 0 Å². The maximum Gasteiger partial charge on any atom is 0.251 e. The quantitative estimate of drug-likeness (QED) is 0.456. The number of ether oxygens (including phenoxy) is 2. The molecule has 2 aromatic rings. The minimum absolute atomic E-state index is 0.0823. The van der Waals surface area contributed by atoms with Crippen LogP contribution in [0.4, 0.5) is 4.39 Å². The van der Waals surface area contributed by atoms with Gasteiger partial charge in [0.15, 0.2) is 5.60 Å².